The highest BCUT2D eigenvalue weighted by molar-refractivity contribution is 5.86. The number of hydrogen-bond acceptors (Lipinski definition) is 2. The van der Waals surface area contributed by atoms with Gasteiger partial charge in [0.1, 0.15) is 0 Å². The van der Waals surface area contributed by atoms with Gasteiger partial charge in [-0.3, -0.25) is 4.79 Å². The summed E-state index contributed by atoms with van der Waals surface area (Å²) in [6, 6.07) is 23.7. The Morgan fingerprint density at radius 3 is 2.31 bits per heavy atom. The second kappa shape index (κ2) is 9.72. The number of alkyl halides is 3. The number of halogens is 3. The molecule has 4 aromatic rings. The van der Waals surface area contributed by atoms with Crippen LogP contribution in [0.2, 0.25) is 0 Å². The van der Waals surface area contributed by atoms with Crippen molar-refractivity contribution in [1.29, 1.82) is 0 Å². The lowest BCUT2D eigenvalue weighted by Gasteiger charge is -2.37. The number of piperazine rings is 1. The van der Waals surface area contributed by atoms with Crippen molar-refractivity contribution in [2.75, 3.05) is 31.1 Å². The Morgan fingerprint density at radius 1 is 0.889 bits per heavy atom. The Bertz CT molecular complexity index is 1360. The number of aryl methyl sites for hydroxylation is 1. The molecule has 7 heteroatoms. The molecular formula is C29H28F3N3O. The first-order chi connectivity index (χ1) is 17.3. The van der Waals surface area contributed by atoms with Crippen LogP contribution in [0.15, 0.2) is 85.1 Å². The number of amides is 1. The maximum absolute atomic E-state index is 13.5. The molecule has 0 aliphatic carbocycles. The maximum atomic E-state index is 13.5. The molecule has 1 atom stereocenters. The number of carbonyl (C=O) groups is 1. The van der Waals surface area contributed by atoms with Crippen LogP contribution in [0.3, 0.4) is 0 Å². The molecule has 4 nitrogen and oxygen atoms in total. The fraction of sp³-hybridized carbons (Fsp3) is 0.276. The van der Waals surface area contributed by atoms with Crippen molar-refractivity contribution in [2.45, 2.75) is 18.5 Å². The number of fused-ring (bicyclic) bond motifs is 1. The zero-order valence-corrected chi connectivity index (χ0v) is 20.1. The lowest BCUT2D eigenvalue weighted by Crippen LogP contribution is -2.49. The molecule has 1 aliphatic rings. The smallest absolute Gasteiger partial charge is 0.368 e. The quantitative estimate of drug-likeness (QED) is 0.339. The molecule has 1 unspecified atom stereocenters. The normalized spacial score (nSPS) is 15.3. The number of nitrogens with zero attached hydrogens (tertiary/aromatic N) is 3. The molecule has 1 aliphatic heterocycles. The predicted octanol–water partition coefficient (Wildman–Crippen LogP) is 6.07. The number of para-hydroxylation sites is 1. The number of benzene rings is 3. The first-order valence-corrected chi connectivity index (χ1v) is 12.1. The van der Waals surface area contributed by atoms with E-state index in [0.29, 0.717) is 38.3 Å². The van der Waals surface area contributed by atoms with E-state index >= 15 is 0 Å². The van der Waals surface area contributed by atoms with E-state index in [9.17, 15) is 18.0 Å². The van der Waals surface area contributed by atoms with Gasteiger partial charge in [-0.25, -0.2) is 0 Å². The summed E-state index contributed by atoms with van der Waals surface area (Å²) in [6.07, 6.45) is -1.93. The van der Waals surface area contributed by atoms with Crippen LogP contribution in [-0.2, 0) is 18.0 Å². The van der Waals surface area contributed by atoms with Gasteiger partial charge in [0.15, 0.2) is 0 Å². The first-order valence-electron chi connectivity index (χ1n) is 12.1. The molecule has 1 saturated heterocycles. The number of carbonyl (C=O) groups excluding carboxylic acids is 1. The maximum Gasteiger partial charge on any atom is 0.416 e. The summed E-state index contributed by atoms with van der Waals surface area (Å²) in [5.41, 5.74) is 3.21. The average Bonchev–Trinajstić information content (AvgIpc) is 3.23. The van der Waals surface area contributed by atoms with E-state index in [4.69, 9.17) is 0 Å². The number of aromatic nitrogens is 1. The molecule has 3 aromatic carbocycles. The van der Waals surface area contributed by atoms with E-state index < -0.39 is 11.7 Å². The summed E-state index contributed by atoms with van der Waals surface area (Å²) < 4.78 is 41.5. The SMILES string of the molecule is Cn1cc(C(CC(=O)N2CCN(c3cccc(C(F)(F)F)c3)CC2)c2ccccc2)c2ccccc21. The minimum absolute atomic E-state index is 0.0560. The standard InChI is InChI=1S/C29H28F3N3O/c1-33-20-26(24-12-5-6-13-27(24)33)25(21-8-3-2-4-9-21)19-28(36)35-16-14-34(15-17-35)23-11-7-10-22(18-23)29(30,31)32/h2-13,18,20,25H,14-17,19H2,1H3. The Labute approximate surface area is 208 Å². The molecule has 0 radical (unpaired) electrons. The molecule has 186 valence electrons. The number of anilines is 1. The fourth-order valence-electron chi connectivity index (χ4n) is 5.14. The molecule has 0 spiro atoms. The Morgan fingerprint density at radius 2 is 1.58 bits per heavy atom. The highest BCUT2D eigenvalue weighted by Crippen LogP contribution is 2.35. The lowest BCUT2D eigenvalue weighted by atomic mass is 9.87. The largest absolute Gasteiger partial charge is 0.416 e. The molecule has 0 N–H and O–H groups in total. The van der Waals surface area contributed by atoms with Crippen molar-refractivity contribution in [3.8, 4) is 0 Å². The van der Waals surface area contributed by atoms with E-state index in [2.05, 4.69) is 35.0 Å². The van der Waals surface area contributed by atoms with Gasteiger partial charge >= 0.3 is 6.18 Å². The van der Waals surface area contributed by atoms with Gasteiger partial charge in [0.25, 0.3) is 0 Å². The van der Waals surface area contributed by atoms with Crippen molar-refractivity contribution in [3.63, 3.8) is 0 Å². The van der Waals surface area contributed by atoms with Gasteiger partial charge in [0.2, 0.25) is 5.91 Å². The van der Waals surface area contributed by atoms with E-state index in [0.717, 1.165) is 28.1 Å². The highest BCUT2D eigenvalue weighted by atomic mass is 19.4. The van der Waals surface area contributed by atoms with Crippen LogP contribution in [0.1, 0.15) is 29.0 Å². The van der Waals surface area contributed by atoms with Crippen LogP contribution in [-0.4, -0.2) is 41.6 Å². The van der Waals surface area contributed by atoms with E-state index in [1.807, 2.05) is 47.2 Å². The van der Waals surface area contributed by atoms with Crippen LogP contribution < -0.4 is 4.90 Å². The van der Waals surface area contributed by atoms with Gasteiger partial charge in [-0.2, -0.15) is 13.2 Å². The predicted molar refractivity (Wildman–Crippen MR) is 136 cm³/mol. The first kappa shape index (κ1) is 24.0. The van der Waals surface area contributed by atoms with Crippen LogP contribution in [0.4, 0.5) is 18.9 Å². The summed E-state index contributed by atoms with van der Waals surface area (Å²) in [4.78, 5) is 17.2. The van der Waals surface area contributed by atoms with Crippen molar-refractivity contribution in [3.05, 3.63) is 102 Å². The third-order valence-corrected chi connectivity index (χ3v) is 7.05. The van der Waals surface area contributed by atoms with Gasteiger partial charge in [0.05, 0.1) is 5.56 Å². The van der Waals surface area contributed by atoms with Gasteiger partial charge < -0.3 is 14.4 Å². The van der Waals surface area contributed by atoms with Gasteiger partial charge in [-0.15, -0.1) is 0 Å². The van der Waals surface area contributed by atoms with Crippen LogP contribution in [0, 0.1) is 0 Å². The third kappa shape index (κ3) is 4.83. The topological polar surface area (TPSA) is 28.5 Å². The van der Waals surface area contributed by atoms with Crippen LogP contribution >= 0.6 is 0 Å². The Balaban J connectivity index is 1.33. The summed E-state index contributed by atoms with van der Waals surface area (Å²) in [6.45, 7) is 1.95. The summed E-state index contributed by atoms with van der Waals surface area (Å²) in [5.74, 6) is -0.0354. The Kier molecular flexibility index (Phi) is 6.48. The number of hydrogen-bond donors (Lipinski definition) is 0. The molecular weight excluding hydrogens is 463 g/mol. The molecule has 1 aromatic heterocycles. The summed E-state index contributed by atoms with van der Waals surface area (Å²) in [7, 11) is 2.02. The van der Waals surface area contributed by atoms with Crippen LogP contribution in [0.25, 0.3) is 10.9 Å². The van der Waals surface area contributed by atoms with E-state index in [1.54, 1.807) is 6.07 Å². The molecule has 0 bridgehead atoms. The lowest BCUT2D eigenvalue weighted by molar-refractivity contribution is -0.137. The molecule has 0 saturated carbocycles. The van der Waals surface area contributed by atoms with Gasteiger partial charge in [0, 0.05) is 68.4 Å². The van der Waals surface area contributed by atoms with E-state index in [1.165, 1.54) is 12.1 Å². The van der Waals surface area contributed by atoms with E-state index in [-0.39, 0.29) is 11.8 Å². The second-order valence-corrected chi connectivity index (χ2v) is 9.30. The van der Waals surface area contributed by atoms with Gasteiger partial charge in [-0.05, 0) is 35.4 Å². The summed E-state index contributed by atoms with van der Waals surface area (Å²) in [5, 5.41) is 1.14. The minimum atomic E-state index is -4.37. The zero-order chi connectivity index (χ0) is 25.3. The Hall–Kier alpha value is -3.74. The van der Waals surface area contributed by atoms with Gasteiger partial charge in [-0.1, -0.05) is 54.6 Å². The molecule has 2 heterocycles. The molecule has 1 fully saturated rings. The van der Waals surface area contributed by atoms with Crippen LogP contribution in [0.5, 0.6) is 0 Å². The van der Waals surface area contributed by atoms with Crippen molar-refractivity contribution in [1.82, 2.24) is 9.47 Å². The molecule has 5 rings (SSSR count). The van der Waals surface area contributed by atoms with Crippen molar-refractivity contribution in [2.24, 2.45) is 7.05 Å². The summed E-state index contributed by atoms with van der Waals surface area (Å²) >= 11 is 0. The minimum Gasteiger partial charge on any atom is -0.368 e. The molecule has 1 amide bonds. The third-order valence-electron chi connectivity index (χ3n) is 7.05. The van der Waals surface area contributed by atoms with Crippen molar-refractivity contribution < 1.29 is 18.0 Å². The highest BCUT2D eigenvalue weighted by Gasteiger charge is 2.32. The average molecular weight is 492 g/mol. The fourth-order valence-corrected chi connectivity index (χ4v) is 5.14. The zero-order valence-electron chi connectivity index (χ0n) is 20.1. The van der Waals surface area contributed by atoms with Crippen molar-refractivity contribution >= 4 is 22.5 Å². The number of rotatable bonds is 5. The second-order valence-electron chi connectivity index (χ2n) is 9.30. The monoisotopic (exact) mass is 491 g/mol. The molecule has 36 heavy (non-hydrogen) atoms.